The zero-order chi connectivity index (χ0) is 22.2. The minimum atomic E-state index is -0.253. The van der Waals surface area contributed by atoms with E-state index in [1.807, 2.05) is 0 Å². The van der Waals surface area contributed by atoms with Gasteiger partial charge in [0.15, 0.2) is 0 Å². The Morgan fingerprint density at radius 1 is 0.800 bits per heavy atom. The van der Waals surface area contributed by atoms with Gasteiger partial charge in [0.1, 0.15) is 5.60 Å². The molecule has 30 heavy (non-hydrogen) atoms. The third-order valence-electron chi connectivity index (χ3n) is 7.83. The van der Waals surface area contributed by atoms with Gasteiger partial charge in [0.2, 0.25) is 0 Å². The molecule has 2 aliphatic carbocycles. The Bertz CT molecular complexity index is 511. The van der Waals surface area contributed by atoms with E-state index in [1.165, 1.54) is 57.8 Å². The molecule has 2 bridgehead atoms. The summed E-state index contributed by atoms with van der Waals surface area (Å²) in [6.07, 6.45) is 16.9. The molecule has 5 atom stereocenters. The van der Waals surface area contributed by atoms with Crippen molar-refractivity contribution in [1.82, 2.24) is 0 Å². The molecule has 5 unspecified atom stereocenters. The molecule has 3 heteroatoms. The molecule has 0 aromatic rings. The second kappa shape index (κ2) is 12.2. The predicted octanol–water partition coefficient (Wildman–Crippen LogP) is 8.57. The highest BCUT2D eigenvalue weighted by molar-refractivity contribution is 8.01. The van der Waals surface area contributed by atoms with Gasteiger partial charge < -0.3 is 4.74 Å². The summed E-state index contributed by atoms with van der Waals surface area (Å²) in [5, 5.41) is 0.764. The molecule has 2 fully saturated rings. The van der Waals surface area contributed by atoms with Crippen molar-refractivity contribution in [3.8, 4) is 0 Å². The van der Waals surface area contributed by atoms with Crippen LogP contribution in [0.4, 0.5) is 0 Å². The van der Waals surface area contributed by atoms with Gasteiger partial charge in [-0.2, -0.15) is 11.8 Å². The van der Waals surface area contributed by atoms with E-state index in [-0.39, 0.29) is 17.5 Å². The minimum Gasteiger partial charge on any atom is -0.459 e. The summed E-state index contributed by atoms with van der Waals surface area (Å²) in [7, 11) is 0. The van der Waals surface area contributed by atoms with Crippen LogP contribution in [-0.4, -0.2) is 21.6 Å². The van der Waals surface area contributed by atoms with Crippen LogP contribution >= 0.6 is 11.8 Å². The Kier molecular flexibility index (Phi) is 10.6. The van der Waals surface area contributed by atoms with Gasteiger partial charge in [-0.1, -0.05) is 73.1 Å². The van der Waals surface area contributed by atoms with Crippen LogP contribution < -0.4 is 0 Å². The summed E-state index contributed by atoms with van der Waals surface area (Å²) < 4.78 is 6.64. The Hall–Kier alpha value is -0.180. The first-order chi connectivity index (χ1) is 14.3. The molecular formula is C27H50O2S. The van der Waals surface area contributed by atoms with Crippen molar-refractivity contribution in [3.63, 3.8) is 0 Å². The van der Waals surface area contributed by atoms with E-state index >= 15 is 0 Å². The van der Waals surface area contributed by atoms with Crippen molar-refractivity contribution >= 4 is 17.7 Å². The number of ether oxygens (including phenoxy) is 1. The quantitative estimate of drug-likeness (QED) is 0.239. The molecular weight excluding hydrogens is 388 g/mol. The lowest BCUT2D eigenvalue weighted by Crippen LogP contribution is -2.37. The number of fused-ring (bicyclic) bond motifs is 2. The van der Waals surface area contributed by atoms with Gasteiger partial charge in [-0.25, -0.2) is 0 Å². The maximum atomic E-state index is 13.1. The van der Waals surface area contributed by atoms with E-state index < -0.39 is 0 Å². The zero-order valence-electron chi connectivity index (χ0n) is 20.9. The van der Waals surface area contributed by atoms with Crippen molar-refractivity contribution in [1.29, 1.82) is 0 Å². The van der Waals surface area contributed by atoms with Crippen LogP contribution in [0.5, 0.6) is 0 Å². The maximum absolute atomic E-state index is 13.1. The van der Waals surface area contributed by atoms with Gasteiger partial charge in [-0.3, -0.25) is 4.79 Å². The van der Waals surface area contributed by atoms with Gasteiger partial charge in [0.05, 0.1) is 5.92 Å². The lowest BCUT2D eigenvalue weighted by molar-refractivity contribution is -0.166. The SMILES string of the molecule is CCCCC(C)(CCC)OC(=O)C1CC2CC1CC2SC(C)(CCCC)CCCC. The lowest BCUT2D eigenvalue weighted by Gasteiger charge is -2.37. The second-order valence-corrected chi connectivity index (χ2v) is 12.7. The van der Waals surface area contributed by atoms with Crippen molar-refractivity contribution in [3.05, 3.63) is 0 Å². The van der Waals surface area contributed by atoms with E-state index in [1.54, 1.807) is 0 Å². The number of unbranched alkanes of at least 4 members (excludes halogenated alkanes) is 3. The Morgan fingerprint density at radius 3 is 1.90 bits per heavy atom. The summed E-state index contributed by atoms with van der Waals surface area (Å²) in [6.45, 7) is 13.7. The second-order valence-electron chi connectivity index (χ2n) is 10.9. The van der Waals surface area contributed by atoms with Crippen LogP contribution in [0.15, 0.2) is 0 Å². The van der Waals surface area contributed by atoms with Crippen LogP contribution in [0.3, 0.4) is 0 Å². The fourth-order valence-electron chi connectivity index (χ4n) is 5.99. The molecule has 0 aliphatic heterocycles. The summed E-state index contributed by atoms with van der Waals surface area (Å²) in [5.74, 6) is 1.59. The zero-order valence-corrected chi connectivity index (χ0v) is 21.8. The molecule has 0 amide bonds. The summed E-state index contributed by atoms with van der Waals surface area (Å²) in [4.78, 5) is 13.1. The molecule has 2 rings (SSSR count). The van der Waals surface area contributed by atoms with E-state index in [2.05, 4.69) is 53.3 Å². The summed E-state index contributed by atoms with van der Waals surface area (Å²) in [5.41, 5.74) is -0.253. The lowest BCUT2D eigenvalue weighted by atomic mass is 9.87. The highest BCUT2D eigenvalue weighted by Crippen LogP contribution is 2.56. The number of rotatable bonds is 15. The smallest absolute Gasteiger partial charge is 0.309 e. The number of thioether (sulfide) groups is 1. The molecule has 0 saturated heterocycles. The van der Waals surface area contributed by atoms with Crippen LogP contribution in [-0.2, 0) is 9.53 Å². The monoisotopic (exact) mass is 438 g/mol. The fourth-order valence-corrected chi connectivity index (χ4v) is 8.00. The predicted molar refractivity (Wildman–Crippen MR) is 132 cm³/mol. The molecule has 2 nitrogen and oxygen atoms in total. The molecule has 0 radical (unpaired) electrons. The van der Waals surface area contributed by atoms with Gasteiger partial charge in [0, 0.05) is 10.00 Å². The van der Waals surface area contributed by atoms with Gasteiger partial charge >= 0.3 is 5.97 Å². The summed E-state index contributed by atoms with van der Waals surface area (Å²) >= 11 is 2.29. The topological polar surface area (TPSA) is 26.3 Å². The van der Waals surface area contributed by atoms with Crippen molar-refractivity contribution in [2.24, 2.45) is 17.8 Å². The van der Waals surface area contributed by atoms with E-state index in [0.29, 0.717) is 10.7 Å². The third kappa shape index (κ3) is 7.17. The normalized spacial score (nSPS) is 27.9. The highest BCUT2D eigenvalue weighted by Gasteiger charge is 2.51. The molecule has 2 saturated carbocycles. The third-order valence-corrected chi connectivity index (χ3v) is 9.69. The Labute approximate surface area is 192 Å². The first-order valence-electron chi connectivity index (χ1n) is 13.2. The van der Waals surface area contributed by atoms with Gasteiger partial charge in [-0.15, -0.1) is 0 Å². The largest absolute Gasteiger partial charge is 0.459 e. The van der Waals surface area contributed by atoms with Crippen LogP contribution in [0.2, 0.25) is 0 Å². The van der Waals surface area contributed by atoms with Crippen LogP contribution in [0.25, 0.3) is 0 Å². The number of carbonyl (C=O) groups is 1. The number of hydrogen-bond acceptors (Lipinski definition) is 3. The molecule has 0 spiro atoms. The number of carbonyl (C=O) groups excluding carboxylic acids is 1. The molecule has 0 N–H and O–H groups in total. The number of esters is 1. The van der Waals surface area contributed by atoms with Crippen molar-refractivity contribution in [2.75, 3.05) is 0 Å². The molecule has 2 aliphatic rings. The van der Waals surface area contributed by atoms with Crippen LogP contribution in [0.1, 0.15) is 131 Å². The van der Waals surface area contributed by atoms with Crippen molar-refractivity contribution in [2.45, 2.75) is 147 Å². The van der Waals surface area contributed by atoms with Gasteiger partial charge in [0.25, 0.3) is 0 Å². The average molecular weight is 439 g/mol. The molecule has 176 valence electrons. The molecule has 0 aromatic heterocycles. The standard InChI is InChI=1S/C27H50O2S/c1-7-11-15-26(5,14-10-4)29-25(28)23-19-22-18-21(23)20-24(22)30-27(6,16-12-8-2)17-13-9-3/h21-24H,7-20H2,1-6H3. The summed E-state index contributed by atoms with van der Waals surface area (Å²) in [6, 6.07) is 0. The Morgan fingerprint density at radius 2 is 1.40 bits per heavy atom. The van der Waals surface area contributed by atoms with Gasteiger partial charge in [-0.05, 0) is 70.1 Å². The molecule has 0 aromatic carbocycles. The van der Waals surface area contributed by atoms with E-state index in [9.17, 15) is 4.79 Å². The highest BCUT2D eigenvalue weighted by atomic mass is 32.2. The molecule has 0 heterocycles. The van der Waals surface area contributed by atoms with E-state index in [4.69, 9.17) is 4.74 Å². The first-order valence-corrected chi connectivity index (χ1v) is 14.1. The first kappa shape index (κ1) is 26.1. The maximum Gasteiger partial charge on any atom is 0.309 e. The van der Waals surface area contributed by atoms with Crippen molar-refractivity contribution < 1.29 is 9.53 Å². The average Bonchev–Trinajstić information content (AvgIpc) is 3.30. The van der Waals surface area contributed by atoms with Crippen LogP contribution in [0, 0.1) is 17.8 Å². The minimum absolute atomic E-state index is 0.123. The fraction of sp³-hybridized carbons (Fsp3) is 0.963. The van der Waals surface area contributed by atoms with E-state index in [0.717, 1.165) is 43.3 Å². The Balaban J connectivity index is 1.92. The number of hydrogen-bond donors (Lipinski definition) is 0.